The fraction of sp³-hybridized carbons (Fsp3) is 0.636. The van der Waals surface area contributed by atoms with Crippen LogP contribution in [-0.4, -0.2) is 0 Å². The maximum Gasteiger partial charge on any atom is -0.00171 e. The van der Waals surface area contributed by atoms with Crippen molar-refractivity contribution >= 4 is 0 Å². The van der Waals surface area contributed by atoms with E-state index in [1.807, 2.05) is 0 Å². The minimum Gasteiger partial charge on any atom is -0.0771 e. The smallest absolute Gasteiger partial charge is 0.00171 e. The van der Waals surface area contributed by atoms with Crippen LogP contribution >= 0.6 is 0 Å². The maximum atomic E-state index is 2.35. The van der Waals surface area contributed by atoms with E-state index in [9.17, 15) is 0 Å². The summed E-state index contributed by atoms with van der Waals surface area (Å²) in [5.74, 6) is 0.759. The molecule has 11 heavy (non-hydrogen) atoms. The van der Waals surface area contributed by atoms with Crippen molar-refractivity contribution in [3.8, 4) is 0 Å². The highest BCUT2D eigenvalue weighted by atomic mass is 14.2. The van der Waals surface area contributed by atoms with E-state index >= 15 is 0 Å². The van der Waals surface area contributed by atoms with Crippen molar-refractivity contribution in [2.75, 3.05) is 0 Å². The summed E-state index contributed by atoms with van der Waals surface area (Å²) < 4.78 is 0. The second-order valence-corrected chi connectivity index (χ2v) is 3.47. The molecule has 1 aliphatic carbocycles. The van der Waals surface area contributed by atoms with Crippen molar-refractivity contribution in [3.05, 3.63) is 23.3 Å². The second-order valence-electron chi connectivity index (χ2n) is 3.47. The summed E-state index contributed by atoms with van der Waals surface area (Å²) in [4.78, 5) is 0. The third kappa shape index (κ3) is 1.95. The summed E-state index contributed by atoms with van der Waals surface area (Å²) in [6.07, 6.45) is 8.63. The largest absolute Gasteiger partial charge is 0.0771 e. The summed E-state index contributed by atoms with van der Waals surface area (Å²) in [6, 6.07) is 0. The summed E-state index contributed by atoms with van der Waals surface area (Å²) in [5.41, 5.74) is 3.06. The second kappa shape index (κ2) is 3.75. The van der Waals surface area contributed by atoms with Crippen LogP contribution in [0.4, 0.5) is 0 Å². The van der Waals surface area contributed by atoms with Gasteiger partial charge in [0.05, 0.1) is 0 Å². The van der Waals surface area contributed by atoms with E-state index in [-0.39, 0.29) is 0 Å². The Labute approximate surface area is 70.0 Å². The van der Waals surface area contributed by atoms with E-state index in [0.717, 1.165) is 5.92 Å². The highest BCUT2D eigenvalue weighted by Crippen LogP contribution is 2.28. The normalized spacial score (nSPS) is 23.4. The van der Waals surface area contributed by atoms with Crippen LogP contribution in [0.15, 0.2) is 23.3 Å². The molecular weight excluding hydrogens is 132 g/mol. The molecule has 0 bridgehead atoms. The van der Waals surface area contributed by atoms with Gasteiger partial charge in [-0.2, -0.15) is 0 Å². The molecule has 0 heterocycles. The van der Waals surface area contributed by atoms with Crippen molar-refractivity contribution in [1.82, 2.24) is 0 Å². The van der Waals surface area contributed by atoms with Gasteiger partial charge in [0.15, 0.2) is 0 Å². The average molecular weight is 150 g/mol. The molecule has 0 nitrogen and oxygen atoms in total. The number of unbranched alkanes of at least 4 members (excludes halogenated alkanes) is 1. The summed E-state index contributed by atoms with van der Waals surface area (Å²) in [6.45, 7) is 6.72. The van der Waals surface area contributed by atoms with Crippen LogP contribution in [-0.2, 0) is 0 Å². The zero-order valence-corrected chi connectivity index (χ0v) is 7.85. The van der Waals surface area contributed by atoms with Crippen LogP contribution in [0.2, 0.25) is 0 Å². The van der Waals surface area contributed by atoms with Gasteiger partial charge >= 0.3 is 0 Å². The van der Waals surface area contributed by atoms with E-state index in [0.29, 0.717) is 0 Å². The molecule has 1 unspecified atom stereocenters. The van der Waals surface area contributed by atoms with Gasteiger partial charge in [0, 0.05) is 0 Å². The van der Waals surface area contributed by atoms with E-state index in [1.165, 1.54) is 24.8 Å². The van der Waals surface area contributed by atoms with Crippen molar-refractivity contribution in [1.29, 1.82) is 0 Å². The standard InChI is InChI=1S/C11H18/c1-4-5-6-11-8-7-9(2)10(11)3/h7-8,11H,4-6H2,1-3H3. The minimum atomic E-state index is 0.759. The number of rotatable bonds is 3. The quantitative estimate of drug-likeness (QED) is 0.575. The van der Waals surface area contributed by atoms with Crippen LogP contribution in [0.25, 0.3) is 0 Å². The molecule has 1 atom stereocenters. The van der Waals surface area contributed by atoms with Crippen LogP contribution < -0.4 is 0 Å². The molecule has 0 aromatic heterocycles. The fourth-order valence-corrected chi connectivity index (χ4v) is 1.57. The van der Waals surface area contributed by atoms with E-state index < -0.39 is 0 Å². The Hall–Kier alpha value is -0.520. The van der Waals surface area contributed by atoms with Gasteiger partial charge in [-0.15, -0.1) is 0 Å². The lowest BCUT2D eigenvalue weighted by Crippen LogP contribution is -1.94. The summed E-state index contributed by atoms with van der Waals surface area (Å²) in [7, 11) is 0. The lowest BCUT2D eigenvalue weighted by molar-refractivity contribution is 0.623. The monoisotopic (exact) mass is 150 g/mol. The molecule has 0 fully saturated rings. The fourth-order valence-electron chi connectivity index (χ4n) is 1.57. The molecule has 0 aromatic carbocycles. The molecular formula is C11H18. The molecule has 0 heteroatoms. The van der Waals surface area contributed by atoms with Crippen LogP contribution in [0.3, 0.4) is 0 Å². The average Bonchev–Trinajstić information content (AvgIpc) is 2.31. The Morgan fingerprint density at radius 1 is 1.36 bits per heavy atom. The molecule has 0 aromatic rings. The Bertz CT molecular complexity index is 184. The molecule has 0 amide bonds. The first-order valence-corrected chi connectivity index (χ1v) is 4.61. The Kier molecular flexibility index (Phi) is 2.92. The van der Waals surface area contributed by atoms with Gasteiger partial charge in [-0.05, 0) is 26.2 Å². The molecule has 0 radical (unpaired) electrons. The first-order chi connectivity index (χ1) is 5.25. The first-order valence-electron chi connectivity index (χ1n) is 4.61. The number of allylic oxidation sites excluding steroid dienone is 4. The van der Waals surface area contributed by atoms with Gasteiger partial charge in [-0.25, -0.2) is 0 Å². The molecule has 0 aliphatic heterocycles. The van der Waals surface area contributed by atoms with Crippen LogP contribution in [0.5, 0.6) is 0 Å². The molecule has 0 saturated carbocycles. The first kappa shape index (κ1) is 8.58. The Morgan fingerprint density at radius 3 is 2.55 bits per heavy atom. The summed E-state index contributed by atoms with van der Waals surface area (Å²) in [5, 5.41) is 0. The molecule has 62 valence electrons. The van der Waals surface area contributed by atoms with E-state index in [4.69, 9.17) is 0 Å². The zero-order valence-electron chi connectivity index (χ0n) is 7.85. The third-order valence-electron chi connectivity index (χ3n) is 2.63. The third-order valence-corrected chi connectivity index (χ3v) is 2.63. The van der Waals surface area contributed by atoms with E-state index in [1.54, 1.807) is 5.57 Å². The van der Waals surface area contributed by atoms with Crippen LogP contribution in [0, 0.1) is 5.92 Å². The van der Waals surface area contributed by atoms with Crippen molar-refractivity contribution in [2.24, 2.45) is 5.92 Å². The molecule has 0 saturated heterocycles. The van der Waals surface area contributed by atoms with Gasteiger partial charge in [0.1, 0.15) is 0 Å². The minimum absolute atomic E-state index is 0.759. The molecule has 0 N–H and O–H groups in total. The molecule has 0 spiro atoms. The van der Waals surface area contributed by atoms with Gasteiger partial charge in [0.25, 0.3) is 0 Å². The maximum absolute atomic E-state index is 2.35. The highest BCUT2D eigenvalue weighted by molar-refractivity contribution is 5.33. The predicted octanol–water partition coefficient (Wildman–Crippen LogP) is 3.70. The van der Waals surface area contributed by atoms with Gasteiger partial charge in [-0.3, -0.25) is 0 Å². The zero-order chi connectivity index (χ0) is 8.27. The van der Waals surface area contributed by atoms with Crippen molar-refractivity contribution < 1.29 is 0 Å². The SMILES string of the molecule is CCCCC1C=CC(C)=C1C. The summed E-state index contributed by atoms with van der Waals surface area (Å²) >= 11 is 0. The van der Waals surface area contributed by atoms with Crippen LogP contribution in [0.1, 0.15) is 40.0 Å². The molecule has 1 aliphatic rings. The number of hydrogen-bond acceptors (Lipinski definition) is 0. The topological polar surface area (TPSA) is 0 Å². The van der Waals surface area contributed by atoms with Gasteiger partial charge in [0.2, 0.25) is 0 Å². The predicted molar refractivity (Wildman–Crippen MR) is 50.5 cm³/mol. The highest BCUT2D eigenvalue weighted by Gasteiger charge is 2.12. The lowest BCUT2D eigenvalue weighted by Gasteiger charge is -2.08. The van der Waals surface area contributed by atoms with Crippen molar-refractivity contribution in [2.45, 2.75) is 40.0 Å². The Morgan fingerprint density at radius 2 is 2.09 bits per heavy atom. The van der Waals surface area contributed by atoms with Gasteiger partial charge < -0.3 is 0 Å². The van der Waals surface area contributed by atoms with Crippen molar-refractivity contribution in [3.63, 3.8) is 0 Å². The van der Waals surface area contributed by atoms with E-state index in [2.05, 4.69) is 32.9 Å². The Balaban J connectivity index is 2.44. The molecule has 1 rings (SSSR count). The number of hydrogen-bond donors (Lipinski definition) is 0. The lowest BCUT2D eigenvalue weighted by atomic mass is 9.97. The van der Waals surface area contributed by atoms with Gasteiger partial charge in [-0.1, -0.05) is 43.1 Å².